The highest BCUT2D eigenvalue weighted by Crippen LogP contribution is 2.30. The summed E-state index contributed by atoms with van der Waals surface area (Å²) in [6, 6.07) is 5.39. The number of carbonyl (C=O) groups is 1. The Labute approximate surface area is 145 Å². The van der Waals surface area contributed by atoms with Crippen molar-refractivity contribution in [3.63, 3.8) is 0 Å². The van der Waals surface area contributed by atoms with Crippen LogP contribution in [0, 0.1) is 0 Å². The number of fused-ring (bicyclic) bond motifs is 1. The second kappa shape index (κ2) is 5.94. The monoisotopic (exact) mass is 442 g/mol. The molecule has 1 amide bonds. The third-order valence-corrected chi connectivity index (χ3v) is 4.62. The van der Waals surface area contributed by atoms with E-state index in [4.69, 9.17) is 4.42 Å². The summed E-state index contributed by atoms with van der Waals surface area (Å²) in [5.41, 5.74) is 0.829. The Kier molecular flexibility index (Phi) is 4.16. The number of rotatable bonds is 2. The molecule has 0 aliphatic rings. The van der Waals surface area contributed by atoms with Crippen LogP contribution in [0.25, 0.3) is 22.2 Å². The molecule has 0 fully saturated rings. The van der Waals surface area contributed by atoms with Crippen molar-refractivity contribution in [2.24, 2.45) is 0 Å². The van der Waals surface area contributed by atoms with Gasteiger partial charge in [-0.25, -0.2) is 9.78 Å². The second-order valence-electron chi connectivity index (χ2n) is 4.47. The fraction of sp³-hybridized carbons (Fsp3) is 0.0714. The van der Waals surface area contributed by atoms with Crippen LogP contribution in [-0.2, 0) is 4.79 Å². The summed E-state index contributed by atoms with van der Waals surface area (Å²) in [6.45, 7) is 1.40. The minimum Gasteiger partial charge on any atom is -0.421 e. The second-order valence-corrected chi connectivity index (χ2v) is 7.10. The molecule has 112 valence electrons. The van der Waals surface area contributed by atoms with E-state index in [0.29, 0.717) is 26.4 Å². The minimum absolute atomic E-state index is 0.209. The number of anilines is 1. The molecule has 0 aliphatic heterocycles. The number of thiazole rings is 1. The first-order valence-electron chi connectivity index (χ1n) is 6.10. The van der Waals surface area contributed by atoms with Crippen LogP contribution in [0.4, 0.5) is 5.13 Å². The molecule has 2 aromatic heterocycles. The first-order valence-corrected chi connectivity index (χ1v) is 8.57. The Bertz CT molecular complexity index is 949. The molecule has 0 aliphatic carbocycles. The van der Waals surface area contributed by atoms with Gasteiger partial charge in [-0.2, -0.15) is 0 Å². The van der Waals surface area contributed by atoms with Crippen molar-refractivity contribution in [3.8, 4) is 11.3 Å². The minimum atomic E-state index is -0.477. The van der Waals surface area contributed by atoms with Crippen LogP contribution in [-0.4, -0.2) is 10.9 Å². The highest BCUT2D eigenvalue weighted by molar-refractivity contribution is 9.11. The molecule has 0 spiro atoms. The number of nitrogens with one attached hydrogen (secondary N) is 1. The van der Waals surface area contributed by atoms with Crippen LogP contribution >= 0.6 is 43.2 Å². The molecular formula is C14H8Br2N2O3S. The van der Waals surface area contributed by atoms with E-state index >= 15 is 0 Å². The molecule has 0 unspecified atom stereocenters. The SMILES string of the molecule is CC(=O)Nc1nc(-c2cc3cc(Br)cc(Br)c3oc2=O)cs1. The van der Waals surface area contributed by atoms with Gasteiger partial charge in [-0.1, -0.05) is 15.9 Å². The molecule has 1 aromatic carbocycles. The van der Waals surface area contributed by atoms with Crippen LogP contribution in [0.15, 0.2) is 41.7 Å². The lowest BCUT2D eigenvalue weighted by Gasteiger charge is -2.03. The van der Waals surface area contributed by atoms with E-state index in [1.165, 1.54) is 18.3 Å². The largest absolute Gasteiger partial charge is 0.421 e. The van der Waals surface area contributed by atoms with Crippen LogP contribution < -0.4 is 10.9 Å². The van der Waals surface area contributed by atoms with Crippen molar-refractivity contribution in [1.82, 2.24) is 4.98 Å². The number of nitrogens with zero attached hydrogens (tertiary/aromatic N) is 1. The summed E-state index contributed by atoms with van der Waals surface area (Å²) >= 11 is 8.02. The van der Waals surface area contributed by atoms with Crippen LogP contribution in [0.2, 0.25) is 0 Å². The van der Waals surface area contributed by atoms with E-state index in [0.717, 1.165) is 9.86 Å². The predicted molar refractivity (Wildman–Crippen MR) is 93.3 cm³/mol. The van der Waals surface area contributed by atoms with Crippen molar-refractivity contribution in [2.75, 3.05) is 5.32 Å². The molecule has 5 nitrogen and oxygen atoms in total. The number of aromatic nitrogens is 1. The lowest BCUT2D eigenvalue weighted by atomic mass is 10.1. The summed E-state index contributed by atoms with van der Waals surface area (Å²) in [4.78, 5) is 27.5. The Morgan fingerprint density at radius 1 is 1.32 bits per heavy atom. The maximum Gasteiger partial charge on any atom is 0.345 e. The van der Waals surface area contributed by atoms with Gasteiger partial charge in [0.1, 0.15) is 0 Å². The molecule has 0 atom stereocenters. The van der Waals surface area contributed by atoms with Crippen molar-refractivity contribution in [1.29, 1.82) is 0 Å². The Hall–Kier alpha value is -1.51. The zero-order valence-corrected chi connectivity index (χ0v) is 15.1. The smallest absolute Gasteiger partial charge is 0.345 e. The number of hydrogen-bond acceptors (Lipinski definition) is 5. The van der Waals surface area contributed by atoms with Crippen molar-refractivity contribution in [3.05, 3.63) is 42.9 Å². The highest BCUT2D eigenvalue weighted by Gasteiger charge is 2.14. The molecule has 3 rings (SSSR count). The van der Waals surface area contributed by atoms with Gasteiger partial charge in [0.15, 0.2) is 10.7 Å². The van der Waals surface area contributed by atoms with E-state index < -0.39 is 5.63 Å². The lowest BCUT2D eigenvalue weighted by molar-refractivity contribution is -0.114. The summed E-state index contributed by atoms with van der Waals surface area (Å²) in [6.07, 6.45) is 0. The number of amides is 1. The normalized spacial score (nSPS) is 10.9. The molecule has 0 saturated heterocycles. The van der Waals surface area contributed by atoms with E-state index in [2.05, 4.69) is 42.2 Å². The molecule has 3 aromatic rings. The zero-order chi connectivity index (χ0) is 15.9. The quantitative estimate of drug-likeness (QED) is 0.595. The Morgan fingerprint density at radius 2 is 2.09 bits per heavy atom. The third kappa shape index (κ3) is 2.99. The maximum absolute atomic E-state index is 12.2. The molecule has 8 heteroatoms. The summed E-state index contributed by atoms with van der Waals surface area (Å²) in [5, 5.41) is 5.51. The van der Waals surface area contributed by atoms with Gasteiger partial charge in [0, 0.05) is 22.2 Å². The van der Waals surface area contributed by atoms with Gasteiger partial charge in [0.25, 0.3) is 0 Å². The first kappa shape index (κ1) is 15.4. The van der Waals surface area contributed by atoms with E-state index in [1.807, 2.05) is 12.1 Å². The average Bonchev–Trinajstić information content (AvgIpc) is 2.86. The average molecular weight is 444 g/mol. The van der Waals surface area contributed by atoms with E-state index in [1.54, 1.807) is 11.4 Å². The highest BCUT2D eigenvalue weighted by atomic mass is 79.9. The zero-order valence-electron chi connectivity index (χ0n) is 11.1. The molecule has 0 bridgehead atoms. The van der Waals surface area contributed by atoms with Crippen molar-refractivity contribution >= 4 is 65.2 Å². The number of benzene rings is 1. The number of carbonyl (C=O) groups excluding carboxylic acids is 1. The molecule has 0 saturated carbocycles. The summed E-state index contributed by atoms with van der Waals surface area (Å²) in [7, 11) is 0. The van der Waals surface area contributed by atoms with Gasteiger partial charge in [-0.05, 0) is 34.1 Å². The molecule has 1 N–H and O–H groups in total. The van der Waals surface area contributed by atoms with Crippen LogP contribution in [0.1, 0.15) is 6.92 Å². The molecule has 2 heterocycles. The fourth-order valence-electron chi connectivity index (χ4n) is 1.94. The fourth-order valence-corrected chi connectivity index (χ4v) is 4.04. The third-order valence-electron chi connectivity index (χ3n) is 2.81. The summed E-state index contributed by atoms with van der Waals surface area (Å²) < 4.78 is 6.93. The predicted octanol–water partition coefficient (Wildman–Crippen LogP) is 4.40. The van der Waals surface area contributed by atoms with Gasteiger partial charge < -0.3 is 9.73 Å². The topological polar surface area (TPSA) is 72.2 Å². The van der Waals surface area contributed by atoms with Gasteiger partial charge in [-0.15, -0.1) is 11.3 Å². The van der Waals surface area contributed by atoms with Gasteiger partial charge in [-0.3, -0.25) is 4.79 Å². The van der Waals surface area contributed by atoms with E-state index in [-0.39, 0.29) is 5.91 Å². The molecule has 0 radical (unpaired) electrons. The van der Waals surface area contributed by atoms with Crippen molar-refractivity contribution in [2.45, 2.75) is 6.92 Å². The van der Waals surface area contributed by atoms with E-state index in [9.17, 15) is 9.59 Å². The lowest BCUT2D eigenvalue weighted by Crippen LogP contribution is -2.06. The van der Waals surface area contributed by atoms with Gasteiger partial charge in [0.05, 0.1) is 15.7 Å². The Morgan fingerprint density at radius 3 is 2.82 bits per heavy atom. The number of hydrogen-bond donors (Lipinski definition) is 1. The standard InChI is InChI=1S/C14H8Br2N2O3S/c1-6(19)17-14-18-11(5-22-14)9-3-7-2-8(15)4-10(16)12(7)21-13(9)20/h2-5H,1H3,(H,17,18,19). The van der Waals surface area contributed by atoms with Crippen LogP contribution in [0.5, 0.6) is 0 Å². The molecule has 22 heavy (non-hydrogen) atoms. The van der Waals surface area contributed by atoms with Crippen LogP contribution in [0.3, 0.4) is 0 Å². The van der Waals surface area contributed by atoms with Gasteiger partial charge in [0.2, 0.25) is 5.91 Å². The molecular weight excluding hydrogens is 436 g/mol. The maximum atomic E-state index is 12.2. The Balaban J connectivity index is 2.14. The summed E-state index contributed by atoms with van der Waals surface area (Å²) in [5.74, 6) is -0.209. The van der Waals surface area contributed by atoms with Gasteiger partial charge >= 0.3 is 5.63 Å². The first-order chi connectivity index (χ1) is 10.4. The van der Waals surface area contributed by atoms with Crippen molar-refractivity contribution < 1.29 is 9.21 Å². The number of halogens is 2.